The summed E-state index contributed by atoms with van der Waals surface area (Å²) < 4.78 is 0. The first-order chi connectivity index (χ1) is 14.4. The normalized spacial score (nSPS) is 12.9. The molecule has 4 N–H and O–H groups in total. The first-order valence-corrected chi connectivity index (χ1v) is 10.1. The average Bonchev–Trinajstić information content (AvgIpc) is 2.76. The molecule has 5 nitrogen and oxygen atoms in total. The third-order valence-corrected chi connectivity index (χ3v) is 5.07. The van der Waals surface area contributed by atoms with Gasteiger partial charge in [0.15, 0.2) is 0 Å². The quantitative estimate of drug-likeness (QED) is 0.395. The number of anilines is 1. The number of aliphatic hydroxyl groups excluding tert-OH is 1. The van der Waals surface area contributed by atoms with Gasteiger partial charge in [-0.05, 0) is 60.0 Å². The van der Waals surface area contributed by atoms with Crippen molar-refractivity contribution < 1.29 is 15.0 Å². The van der Waals surface area contributed by atoms with Gasteiger partial charge in [-0.25, -0.2) is 4.79 Å². The van der Waals surface area contributed by atoms with E-state index >= 15 is 0 Å². The van der Waals surface area contributed by atoms with E-state index in [1.165, 1.54) is 0 Å². The number of hydrogen-bond donors (Lipinski definition) is 4. The highest BCUT2D eigenvalue weighted by Crippen LogP contribution is 2.23. The molecule has 0 fully saturated rings. The van der Waals surface area contributed by atoms with E-state index in [9.17, 15) is 9.90 Å². The third kappa shape index (κ3) is 6.07. The van der Waals surface area contributed by atoms with Crippen molar-refractivity contribution in [3.05, 3.63) is 88.9 Å². The van der Waals surface area contributed by atoms with Gasteiger partial charge in [0.05, 0.1) is 11.7 Å². The zero-order chi connectivity index (χ0) is 21.5. The van der Waals surface area contributed by atoms with Crippen molar-refractivity contribution in [3.63, 3.8) is 0 Å². The smallest absolute Gasteiger partial charge is 0.335 e. The van der Waals surface area contributed by atoms with Crippen LogP contribution in [0, 0.1) is 0 Å². The van der Waals surface area contributed by atoms with Crippen LogP contribution >= 0.6 is 11.6 Å². The highest BCUT2D eigenvalue weighted by molar-refractivity contribution is 6.30. The van der Waals surface area contributed by atoms with Crippen LogP contribution in [0.3, 0.4) is 0 Å². The Morgan fingerprint density at radius 2 is 1.70 bits per heavy atom. The lowest BCUT2D eigenvalue weighted by molar-refractivity contribution is 0.0697. The molecule has 0 aliphatic heterocycles. The van der Waals surface area contributed by atoms with Gasteiger partial charge in [-0.3, -0.25) is 0 Å². The summed E-state index contributed by atoms with van der Waals surface area (Å²) in [6.45, 7) is 3.16. The summed E-state index contributed by atoms with van der Waals surface area (Å²) in [4.78, 5) is 11.0. The molecular formula is C24H25ClN2O3. The summed E-state index contributed by atoms with van der Waals surface area (Å²) >= 11 is 5.98. The number of carbonyl (C=O) groups is 1. The second-order valence-corrected chi connectivity index (χ2v) is 7.66. The van der Waals surface area contributed by atoms with E-state index in [1.807, 2.05) is 55.5 Å². The monoisotopic (exact) mass is 424 g/mol. The molecule has 3 aromatic carbocycles. The number of halogens is 1. The van der Waals surface area contributed by atoms with Gasteiger partial charge in [0.25, 0.3) is 0 Å². The Morgan fingerprint density at radius 1 is 0.967 bits per heavy atom. The Bertz CT molecular complexity index is 992. The molecule has 3 aromatic rings. The lowest BCUT2D eigenvalue weighted by atomic mass is 10.0. The van der Waals surface area contributed by atoms with E-state index in [0.29, 0.717) is 18.1 Å². The molecule has 0 radical (unpaired) electrons. The van der Waals surface area contributed by atoms with Crippen molar-refractivity contribution in [2.75, 3.05) is 18.4 Å². The average molecular weight is 425 g/mol. The summed E-state index contributed by atoms with van der Waals surface area (Å²) in [5, 5.41) is 26.7. The molecule has 2 atom stereocenters. The molecule has 3 rings (SSSR count). The third-order valence-electron chi connectivity index (χ3n) is 4.83. The van der Waals surface area contributed by atoms with Crippen LogP contribution in [0.1, 0.15) is 28.9 Å². The summed E-state index contributed by atoms with van der Waals surface area (Å²) in [6.07, 6.45) is -0.622. The Hall–Kier alpha value is -2.86. The lowest BCUT2D eigenvalue weighted by Crippen LogP contribution is -2.35. The Balaban J connectivity index is 1.53. The fraction of sp³-hybridized carbons (Fsp3) is 0.208. The fourth-order valence-electron chi connectivity index (χ4n) is 3.10. The Kier molecular flexibility index (Phi) is 7.46. The molecule has 0 amide bonds. The number of aromatic carboxylic acids is 1. The molecule has 0 spiro atoms. The maximum Gasteiger partial charge on any atom is 0.335 e. The van der Waals surface area contributed by atoms with Crippen molar-refractivity contribution in [3.8, 4) is 11.1 Å². The molecule has 0 saturated carbocycles. The van der Waals surface area contributed by atoms with Crippen LogP contribution in [0.2, 0.25) is 5.02 Å². The van der Waals surface area contributed by atoms with Crippen molar-refractivity contribution in [1.29, 1.82) is 0 Å². The SMILES string of the molecule is C[C@H](CNc1cccc(-c2ccc(C(=O)O)cc2)c1)NC[C@H](O)c1cccc(Cl)c1. The fourth-order valence-corrected chi connectivity index (χ4v) is 3.30. The van der Waals surface area contributed by atoms with Crippen LogP contribution in [0.15, 0.2) is 72.8 Å². The van der Waals surface area contributed by atoms with Crippen LogP contribution in [0.25, 0.3) is 11.1 Å². The number of benzene rings is 3. The van der Waals surface area contributed by atoms with Gasteiger partial charge in [0, 0.05) is 29.8 Å². The topological polar surface area (TPSA) is 81.6 Å². The van der Waals surface area contributed by atoms with Crippen LogP contribution in [-0.2, 0) is 0 Å². The standard InChI is InChI=1S/C24H25ClN2O3/c1-16(26-15-23(28)20-5-2-6-21(25)12-20)14-27-22-7-3-4-19(13-22)17-8-10-18(11-9-17)24(29)30/h2-13,16,23,26-28H,14-15H2,1H3,(H,29,30)/t16-,23+/m1/s1. The van der Waals surface area contributed by atoms with Crippen LogP contribution < -0.4 is 10.6 Å². The summed E-state index contributed by atoms with van der Waals surface area (Å²) in [5.41, 5.74) is 4.00. The molecule has 0 aliphatic carbocycles. The number of carboxylic acids is 1. The number of hydrogen-bond acceptors (Lipinski definition) is 4. The van der Waals surface area contributed by atoms with Crippen molar-refractivity contribution >= 4 is 23.3 Å². The van der Waals surface area contributed by atoms with Gasteiger partial charge >= 0.3 is 5.97 Å². The van der Waals surface area contributed by atoms with Crippen molar-refractivity contribution in [1.82, 2.24) is 5.32 Å². The first-order valence-electron chi connectivity index (χ1n) is 9.77. The predicted molar refractivity (Wildman–Crippen MR) is 121 cm³/mol. The Morgan fingerprint density at radius 3 is 2.40 bits per heavy atom. The molecule has 0 aromatic heterocycles. The zero-order valence-electron chi connectivity index (χ0n) is 16.7. The maximum atomic E-state index is 11.0. The van der Waals surface area contributed by atoms with E-state index in [4.69, 9.17) is 16.7 Å². The van der Waals surface area contributed by atoms with Gasteiger partial charge in [-0.15, -0.1) is 0 Å². The molecular weight excluding hydrogens is 400 g/mol. The minimum absolute atomic E-state index is 0.136. The van der Waals surface area contributed by atoms with Gasteiger partial charge in [0.1, 0.15) is 0 Å². The Labute approximate surface area is 181 Å². The number of aliphatic hydroxyl groups is 1. The second-order valence-electron chi connectivity index (χ2n) is 7.22. The summed E-state index contributed by atoms with van der Waals surface area (Å²) in [7, 11) is 0. The molecule has 0 saturated heterocycles. The van der Waals surface area contributed by atoms with Gasteiger partial charge in [-0.1, -0.05) is 48.0 Å². The van der Waals surface area contributed by atoms with Gasteiger partial charge in [0.2, 0.25) is 0 Å². The zero-order valence-corrected chi connectivity index (χ0v) is 17.4. The first kappa shape index (κ1) is 21.8. The largest absolute Gasteiger partial charge is 0.478 e. The highest BCUT2D eigenvalue weighted by atomic mass is 35.5. The van der Waals surface area contributed by atoms with E-state index in [-0.39, 0.29) is 11.6 Å². The molecule has 0 heterocycles. The van der Waals surface area contributed by atoms with E-state index in [1.54, 1.807) is 24.3 Å². The number of carboxylic acid groups (broad SMARTS) is 1. The molecule has 0 unspecified atom stereocenters. The predicted octanol–water partition coefficient (Wildman–Crippen LogP) is 4.83. The minimum atomic E-state index is -0.932. The van der Waals surface area contributed by atoms with Crippen LogP contribution in [0.5, 0.6) is 0 Å². The molecule has 156 valence electrons. The second kappa shape index (κ2) is 10.3. The highest BCUT2D eigenvalue weighted by Gasteiger charge is 2.10. The molecule has 30 heavy (non-hydrogen) atoms. The van der Waals surface area contributed by atoms with E-state index in [2.05, 4.69) is 10.6 Å². The molecule has 0 bridgehead atoms. The molecule has 6 heteroatoms. The van der Waals surface area contributed by atoms with Gasteiger partial charge < -0.3 is 20.8 Å². The van der Waals surface area contributed by atoms with E-state index < -0.39 is 12.1 Å². The maximum absolute atomic E-state index is 11.0. The van der Waals surface area contributed by atoms with Gasteiger partial charge in [-0.2, -0.15) is 0 Å². The minimum Gasteiger partial charge on any atom is -0.478 e. The summed E-state index contributed by atoms with van der Waals surface area (Å²) in [6, 6.07) is 22.2. The van der Waals surface area contributed by atoms with Crippen LogP contribution in [0.4, 0.5) is 5.69 Å². The van der Waals surface area contributed by atoms with E-state index in [0.717, 1.165) is 22.4 Å². The van der Waals surface area contributed by atoms with Crippen LogP contribution in [-0.4, -0.2) is 35.3 Å². The number of nitrogens with one attached hydrogen (secondary N) is 2. The number of rotatable bonds is 9. The lowest BCUT2D eigenvalue weighted by Gasteiger charge is -2.19. The molecule has 0 aliphatic rings. The summed E-state index contributed by atoms with van der Waals surface area (Å²) in [5.74, 6) is -0.932. The van der Waals surface area contributed by atoms with Crippen molar-refractivity contribution in [2.45, 2.75) is 19.1 Å². The van der Waals surface area contributed by atoms with Crippen molar-refractivity contribution in [2.24, 2.45) is 0 Å².